The van der Waals surface area contributed by atoms with Crippen LogP contribution in [0.3, 0.4) is 0 Å². The van der Waals surface area contributed by atoms with E-state index in [-0.39, 0.29) is 0 Å². The summed E-state index contributed by atoms with van der Waals surface area (Å²) in [5.41, 5.74) is 0.708. The molecule has 2 heterocycles. The first-order valence-electron chi connectivity index (χ1n) is 7.56. The van der Waals surface area contributed by atoms with E-state index >= 15 is 0 Å². The number of piperidine rings is 2. The van der Waals surface area contributed by atoms with Crippen molar-refractivity contribution in [2.24, 2.45) is 11.3 Å². The van der Waals surface area contributed by atoms with Crippen molar-refractivity contribution in [3.8, 4) is 0 Å². The van der Waals surface area contributed by atoms with Crippen molar-refractivity contribution in [1.82, 2.24) is 10.2 Å². The van der Waals surface area contributed by atoms with Crippen molar-refractivity contribution in [3.63, 3.8) is 0 Å². The second-order valence-electron chi connectivity index (χ2n) is 6.76. The van der Waals surface area contributed by atoms with E-state index in [1.807, 2.05) is 0 Å². The first-order chi connectivity index (χ1) is 8.11. The molecule has 2 aliphatic rings. The van der Waals surface area contributed by atoms with Gasteiger partial charge in [-0.2, -0.15) is 0 Å². The van der Waals surface area contributed by atoms with E-state index in [4.69, 9.17) is 0 Å². The molecule has 2 rings (SSSR count). The SMILES string of the molecule is CC(C)CC(C)N1CCC2(CCNCC2)CC1. The van der Waals surface area contributed by atoms with Crippen LogP contribution in [0.25, 0.3) is 0 Å². The summed E-state index contributed by atoms with van der Waals surface area (Å²) in [5, 5.41) is 3.50. The summed E-state index contributed by atoms with van der Waals surface area (Å²) in [4.78, 5) is 2.73. The highest BCUT2D eigenvalue weighted by Gasteiger charge is 2.36. The average molecular weight is 238 g/mol. The number of rotatable bonds is 3. The van der Waals surface area contributed by atoms with Gasteiger partial charge in [0.1, 0.15) is 0 Å². The van der Waals surface area contributed by atoms with Crippen LogP contribution in [0.15, 0.2) is 0 Å². The molecule has 0 radical (unpaired) electrons. The van der Waals surface area contributed by atoms with Gasteiger partial charge in [0.2, 0.25) is 0 Å². The fraction of sp³-hybridized carbons (Fsp3) is 1.00. The first-order valence-corrected chi connectivity index (χ1v) is 7.56. The maximum absolute atomic E-state index is 3.50. The normalized spacial score (nSPS) is 27.5. The van der Waals surface area contributed by atoms with Crippen molar-refractivity contribution in [2.45, 2.75) is 58.9 Å². The molecular weight excluding hydrogens is 208 g/mol. The molecule has 2 aliphatic heterocycles. The van der Waals surface area contributed by atoms with Gasteiger partial charge in [-0.25, -0.2) is 0 Å². The van der Waals surface area contributed by atoms with E-state index in [1.54, 1.807) is 0 Å². The third-order valence-electron chi connectivity index (χ3n) is 4.96. The van der Waals surface area contributed by atoms with Crippen LogP contribution in [-0.4, -0.2) is 37.1 Å². The van der Waals surface area contributed by atoms with Gasteiger partial charge >= 0.3 is 0 Å². The lowest BCUT2D eigenvalue weighted by molar-refractivity contribution is 0.0491. The molecule has 0 amide bonds. The van der Waals surface area contributed by atoms with E-state index in [2.05, 4.69) is 31.0 Å². The number of hydrogen-bond donors (Lipinski definition) is 1. The lowest BCUT2D eigenvalue weighted by Gasteiger charge is -2.46. The maximum Gasteiger partial charge on any atom is 0.00693 e. The molecule has 1 unspecified atom stereocenters. The van der Waals surface area contributed by atoms with Crippen LogP contribution < -0.4 is 5.32 Å². The van der Waals surface area contributed by atoms with Crippen LogP contribution >= 0.6 is 0 Å². The van der Waals surface area contributed by atoms with Crippen LogP contribution in [0.2, 0.25) is 0 Å². The summed E-state index contributed by atoms with van der Waals surface area (Å²) in [6, 6.07) is 0.786. The van der Waals surface area contributed by atoms with Crippen molar-refractivity contribution < 1.29 is 0 Å². The van der Waals surface area contributed by atoms with E-state index in [1.165, 1.54) is 58.3 Å². The van der Waals surface area contributed by atoms with Gasteiger partial charge in [-0.3, -0.25) is 0 Å². The molecule has 2 heteroatoms. The fourth-order valence-electron chi connectivity index (χ4n) is 3.73. The Balaban J connectivity index is 1.80. The predicted octanol–water partition coefficient (Wildman–Crippen LogP) is 2.89. The zero-order valence-electron chi connectivity index (χ0n) is 12.0. The Morgan fingerprint density at radius 1 is 1.00 bits per heavy atom. The van der Waals surface area contributed by atoms with Crippen LogP contribution in [0.1, 0.15) is 52.9 Å². The summed E-state index contributed by atoms with van der Waals surface area (Å²) in [7, 11) is 0. The molecule has 0 aromatic heterocycles. The quantitative estimate of drug-likeness (QED) is 0.813. The largest absolute Gasteiger partial charge is 0.317 e. The minimum atomic E-state index is 0.708. The highest BCUT2D eigenvalue weighted by Crippen LogP contribution is 2.40. The van der Waals surface area contributed by atoms with Gasteiger partial charge in [0, 0.05) is 6.04 Å². The van der Waals surface area contributed by atoms with E-state index in [9.17, 15) is 0 Å². The van der Waals surface area contributed by atoms with Crippen LogP contribution in [0, 0.1) is 11.3 Å². The second kappa shape index (κ2) is 5.71. The molecule has 2 nitrogen and oxygen atoms in total. The molecule has 0 aromatic rings. The highest BCUT2D eigenvalue weighted by atomic mass is 15.2. The molecule has 0 aromatic carbocycles. The summed E-state index contributed by atoms with van der Waals surface area (Å²) >= 11 is 0. The zero-order valence-corrected chi connectivity index (χ0v) is 12.0. The number of nitrogens with one attached hydrogen (secondary N) is 1. The Morgan fingerprint density at radius 2 is 1.59 bits per heavy atom. The molecule has 1 N–H and O–H groups in total. The molecule has 2 saturated heterocycles. The maximum atomic E-state index is 3.50. The predicted molar refractivity (Wildman–Crippen MR) is 74.3 cm³/mol. The minimum Gasteiger partial charge on any atom is -0.317 e. The topological polar surface area (TPSA) is 15.3 Å². The van der Waals surface area contributed by atoms with Crippen molar-refractivity contribution in [2.75, 3.05) is 26.2 Å². The summed E-state index contributed by atoms with van der Waals surface area (Å²) in [5.74, 6) is 0.833. The van der Waals surface area contributed by atoms with E-state index in [0.29, 0.717) is 5.41 Å². The van der Waals surface area contributed by atoms with Crippen LogP contribution in [0.4, 0.5) is 0 Å². The molecular formula is C15H30N2. The molecule has 100 valence electrons. The lowest BCUT2D eigenvalue weighted by Crippen LogP contribution is -2.48. The Labute approximate surface area is 107 Å². The Hall–Kier alpha value is -0.0800. The fourth-order valence-corrected chi connectivity index (χ4v) is 3.73. The third-order valence-corrected chi connectivity index (χ3v) is 4.96. The molecule has 17 heavy (non-hydrogen) atoms. The first kappa shape index (κ1) is 13.4. The summed E-state index contributed by atoms with van der Waals surface area (Å²) < 4.78 is 0. The van der Waals surface area contributed by atoms with Crippen molar-refractivity contribution in [1.29, 1.82) is 0 Å². The average Bonchev–Trinajstić information content (AvgIpc) is 2.30. The van der Waals surface area contributed by atoms with E-state index in [0.717, 1.165) is 12.0 Å². The molecule has 0 aliphatic carbocycles. The minimum absolute atomic E-state index is 0.708. The van der Waals surface area contributed by atoms with Gasteiger partial charge in [0.25, 0.3) is 0 Å². The molecule has 0 saturated carbocycles. The lowest BCUT2D eigenvalue weighted by atomic mass is 9.71. The molecule has 0 bridgehead atoms. The Kier molecular flexibility index (Phi) is 4.48. The van der Waals surface area contributed by atoms with Gasteiger partial charge in [-0.05, 0) is 76.5 Å². The van der Waals surface area contributed by atoms with Gasteiger partial charge in [-0.1, -0.05) is 13.8 Å². The number of hydrogen-bond acceptors (Lipinski definition) is 2. The smallest absolute Gasteiger partial charge is 0.00693 e. The number of likely N-dealkylation sites (tertiary alicyclic amines) is 1. The molecule has 1 spiro atoms. The Morgan fingerprint density at radius 3 is 2.12 bits per heavy atom. The highest BCUT2D eigenvalue weighted by molar-refractivity contribution is 4.90. The van der Waals surface area contributed by atoms with Crippen LogP contribution in [-0.2, 0) is 0 Å². The van der Waals surface area contributed by atoms with Gasteiger partial charge < -0.3 is 10.2 Å². The van der Waals surface area contributed by atoms with Crippen LogP contribution in [0.5, 0.6) is 0 Å². The monoisotopic (exact) mass is 238 g/mol. The van der Waals surface area contributed by atoms with Crippen molar-refractivity contribution in [3.05, 3.63) is 0 Å². The molecule has 1 atom stereocenters. The van der Waals surface area contributed by atoms with E-state index < -0.39 is 0 Å². The molecule has 2 fully saturated rings. The summed E-state index contributed by atoms with van der Waals surface area (Å²) in [6.07, 6.45) is 7.07. The van der Waals surface area contributed by atoms with Crippen molar-refractivity contribution >= 4 is 0 Å². The summed E-state index contributed by atoms with van der Waals surface area (Å²) in [6.45, 7) is 12.3. The zero-order chi connectivity index (χ0) is 12.3. The third kappa shape index (κ3) is 3.45. The Bertz CT molecular complexity index is 221. The second-order valence-corrected chi connectivity index (χ2v) is 6.76. The number of nitrogens with zero attached hydrogens (tertiary/aromatic N) is 1. The van der Waals surface area contributed by atoms with Gasteiger partial charge in [0.15, 0.2) is 0 Å². The van der Waals surface area contributed by atoms with Gasteiger partial charge in [-0.15, -0.1) is 0 Å². The van der Waals surface area contributed by atoms with Gasteiger partial charge in [0.05, 0.1) is 0 Å². The standard InChI is InChI=1S/C15H30N2/c1-13(2)12-14(3)17-10-6-15(7-11-17)4-8-16-9-5-15/h13-14,16H,4-12H2,1-3H3.